The average Bonchev–Trinajstić information content (AvgIpc) is 1.39. The van der Waals surface area contributed by atoms with Crippen LogP contribution in [0.3, 0.4) is 0 Å². The van der Waals surface area contributed by atoms with Crippen LogP contribution in [0.5, 0.6) is 0 Å². The van der Waals surface area contributed by atoms with E-state index in [9.17, 15) is 0 Å². The van der Waals surface area contributed by atoms with Gasteiger partial charge in [-0.05, 0) is 0 Å². The van der Waals surface area contributed by atoms with Crippen LogP contribution in [0.4, 0.5) is 0 Å². The fourth-order valence-corrected chi connectivity index (χ4v) is 0. The molecule has 0 aromatic rings. The number of hydrogen-bond donors (Lipinski definition) is 2. The number of nitriles is 2. The Morgan fingerprint density at radius 3 is 0.889 bits per heavy atom. The van der Waals surface area contributed by atoms with Crippen molar-refractivity contribution in [3.63, 3.8) is 0 Å². The van der Waals surface area contributed by atoms with E-state index in [1.54, 1.807) is 0 Å². The van der Waals surface area contributed by atoms with Gasteiger partial charge in [-0.3, -0.25) is 0 Å². The molecule has 0 saturated heterocycles. The second-order valence-electron chi connectivity index (χ2n) is 0.200. The summed E-state index contributed by atoms with van der Waals surface area (Å²) in [5.41, 5.74) is 0. The summed E-state index contributed by atoms with van der Waals surface area (Å²) >= 11 is 6.19. The molecule has 0 aromatic carbocycles. The standard InChI is InChI=1S/2CHNS.Ba.2H2O/c2*2-1-3;;;/h2*3H;;2*1H2. The van der Waals surface area contributed by atoms with Gasteiger partial charge in [0.1, 0.15) is 10.8 Å². The summed E-state index contributed by atoms with van der Waals surface area (Å²) in [6.07, 6.45) is 0. The zero-order valence-electron chi connectivity index (χ0n) is 4.50. The average molecular weight is 292 g/mol. The molecule has 0 fully saturated rings. The zero-order chi connectivity index (χ0) is 5.41. The largest absolute Gasteiger partial charge is 0.412 e. The molecule has 0 rings (SSSR count). The van der Waals surface area contributed by atoms with E-state index in [4.69, 9.17) is 10.5 Å². The van der Waals surface area contributed by atoms with E-state index in [1.807, 2.05) is 0 Å². The number of rotatable bonds is 0. The summed E-state index contributed by atoms with van der Waals surface area (Å²) in [6.45, 7) is 0. The van der Waals surface area contributed by atoms with Crippen LogP contribution in [-0.4, -0.2) is 59.8 Å². The van der Waals surface area contributed by atoms with Crippen molar-refractivity contribution in [1.82, 2.24) is 0 Å². The molecule has 0 unspecified atom stereocenters. The third kappa shape index (κ3) is 344. The van der Waals surface area contributed by atoms with Crippen LogP contribution in [0.2, 0.25) is 0 Å². The number of thiol groups is 2. The maximum Gasteiger partial charge on any atom is 0.130 e. The predicted octanol–water partition coefficient (Wildman–Crippen LogP) is -1.24. The van der Waals surface area contributed by atoms with Crippen molar-refractivity contribution in [3.05, 3.63) is 0 Å². The van der Waals surface area contributed by atoms with Gasteiger partial charge < -0.3 is 11.0 Å². The summed E-state index contributed by atoms with van der Waals surface area (Å²) in [5, 5.41) is 17.3. The van der Waals surface area contributed by atoms with Crippen molar-refractivity contribution in [2.45, 2.75) is 0 Å². The zero-order valence-corrected chi connectivity index (χ0v) is 10.7. The Labute approximate surface area is 105 Å². The smallest absolute Gasteiger partial charge is 0.130 e. The normalized spacial score (nSPS) is 1.78. The summed E-state index contributed by atoms with van der Waals surface area (Å²) in [5.74, 6) is 0. The minimum Gasteiger partial charge on any atom is -0.412 e. The maximum atomic E-state index is 7.18. The number of thiocyanates is 2. The number of hydrogen-bond acceptors (Lipinski definition) is 4. The first kappa shape index (κ1) is 32.0. The molecule has 0 spiro atoms. The Morgan fingerprint density at radius 1 is 0.889 bits per heavy atom. The molecule has 0 amide bonds. The monoisotopic (exact) mass is 292 g/mol. The second kappa shape index (κ2) is 60.9. The van der Waals surface area contributed by atoms with E-state index in [1.165, 1.54) is 10.8 Å². The van der Waals surface area contributed by atoms with E-state index in [0.717, 1.165) is 0 Å². The van der Waals surface area contributed by atoms with E-state index >= 15 is 0 Å². The van der Waals surface area contributed by atoms with Crippen LogP contribution in [0.25, 0.3) is 0 Å². The van der Waals surface area contributed by atoms with Gasteiger partial charge in [0, 0.05) is 48.9 Å². The van der Waals surface area contributed by atoms with Crippen molar-refractivity contribution >= 4 is 74.1 Å². The van der Waals surface area contributed by atoms with Gasteiger partial charge in [-0.2, -0.15) is 10.5 Å². The summed E-state index contributed by atoms with van der Waals surface area (Å²) in [7, 11) is 0. The van der Waals surface area contributed by atoms with E-state index in [2.05, 4.69) is 25.3 Å². The van der Waals surface area contributed by atoms with Gasteiger partial charge in [0.05, 0.1) is 0 Å². The van der Waals surface area contributed by atoms with Crippen molar-refractivity contribution in [3.8, 4) is 10.8 Å². The Balaban J connectivity index is -0.00000000889. The molecule has 0 atom stereocenters. The van der Waals surface area contributed by atoms with Crippen molar-refractivity contribution in [1.29, 1.82) is 10.5 Å². The van der Waals surface area contributed by atoms with Crippen LogP contribution in [0, 0.1) is 21.3 Å². The SMILES string of the molecule is N#CS.N#CS.O.O.[Ba]. The van der Waals surface area contributed by atoms with E-state index in [0.29, 0.717) is 0 Å². The molecule has 0 aliphatic rings. The van der Waals surface area contributed by atoms with Gasteiger partial charge in [-0.25, -0.2) is 0 Å². The fourth-order valence-electron chi connectivity index (χ4n) is 0. The van der Waals surface area contributed by atoms with Crippen molar-refractivity contribution in [2.24, 2.45) is 0 Å². The Hall–Kier alpha value is 1.17. The maximum absolute atomic E-state index is 7.18. The van der Waals surface area contributed by atoms with Gasteiger partial charge >= 0.3 is 0 Å². The molecule has 4 N–H and O–H groups in total. The van der Waals surface area contributed by atoms with Crippen LogP contribution in [0.1, 0.15) is 0 Å². The number of nitrogens with zero attached hydrogens (tertiary/aromatic N) is 2. The molecule has 50 valence electrons. The minimum absolute atomic E-state index is 0. The molecular formula is C2H6BaN2O2S2. The molecule has 0 aromatic heterocycles. The Kier molecular flexibility index (Phi) is 216. The first-order valence-electron chi connectivity index (χ1n) is 0.894. The van der Waals surface area contributed by atoms with E-state index < -0.39 is 0 Å². The second-order valence-corrected chi connectivity index (χ2v) is 0.600. The predicted molar refractivity (Wildman–Crippen MR) is 42.2 cm³/mol. The summed E-state index contributed by atoms with van der Waals surface area (Å²) in [6, 6.07) is 0. The first-order chi connectivity index (χ1) is 2.83. The van der Waals surface area contributed by atoms with Gasteiger partial charge in [0.15, 0.2) is 0 Å². The summed E-state index contributed by atoms with van der Waals surface area (Å²) < 4.78 is 0. The molecule has 0 bridgehead atoms. The van der Waals surface area contributed by atoms with Crippen LogP contribution in [0.15, 0.2) is 0 Å². The first-order valence-corrected chi connectivity index (χ1v) is 1.79. The summed E-state index contributed by atoms with van der Waals surface area (Å²) in [4.78, 5) is 0. The molecule has 4 nitrogen and oxygen atoms in total. The van der Waals surface area contributed by atoms with Gasteiger partial charge in [-0.1, -0.05) is 25.3 Å². The van der Waals surface area contributed by atoms with Gasteiger partial charge in [-0.15, -0.1) is 0 Å². The van der Waals surface area contributed by atoms with Crippen LogP contribution >= 0.6 is 25.3 Å². The quantitative estimate of drug-likeness (QED) is 0.331. The van der Waals surface area contributed by atoms with Gasteiger partial charge in [0.25, 0.3) is 0 Å². The molecule has 7 heteroatoms. The molecule has 0 saturated carbocycles. The molecule has 9 heavy (non-hydrogen) atoms. The van der Waals surface area contributed by atoms with Crippen LogP contribution in [-0.2, 0) is 0 Å². The molecular weight excluding hydrogens is 285 g/mol. The fraction of sp³-hybridized carbons (Fsp3) is 0. The third-order valence-electron chi connectivity index (χ3n) is 0. The third-order valence-corrected chi connectivity index (χ3v) is 0. The van der Waals surface area contributed by atoms with Crippen molar-refractivity contribution < 1.29 is 11.0 Å². The molecule has 2 radical (unpaired) electrons. The van der Waals surface area contributed by atoms with Crippen molar-refractivity contribution in [2.75, 3.05) is 0 Å². The minimum atomic E-state index is 0. The Bertz CT molecular complexity index is 75.5. The Morgan fingerprint density at radius 2 is 0.889 bits per heavy atom. The topological polar surface area (TPSA) is 111 Å². The molecule has 0 aliphatic heterocycles. The molecule has 0 heterocycles. The molecule has 0 aliphatic carbocycles. The van der Waals surface area contributed by atoms with Gasteiger partial charge in [0.2, 0.25) is 0 Å². The van der Waals surface area contributed by atoms with Crippen LogP contribution < -0.4 is 0 Å². The van der Waals surface area contributed by atoms with E-state index in [-0.39, 0.29) is 59.8 Å².